The van der Waals surface area contributed by atoms with Gasteiger partial charge in [-0.15, -0.1) is 6.58 Å². The molecule has 1 unspecified atom stereocenters. The molecule has 2 aromatic rings. The Kier molecular flexibility index (Phi) is 3.46. The molecule has 1 N–H and O–H groups in total. The Balaban J connectivity index is 2.81. The third-order valence-electron chi connectivity index (χ3n) is 2.98. The van der Waals surface area contributed by atoms with Gasteiger partial charge < -0.3 is 5.11 Å². The van der Waals surface area contributed by atoms with E-state index in [0.29, 0.717) is 16.5 Å². The van der Waals surface area contributed by atoms with E-state index in [4.69, 9.17) is 5.11 Å². The molecule has 5 heteroatoms. The predicted octanol–water partition coefficient (Wildman–Crippen LogP) is 1.77. The molecule has 1 aromatic heterocycles. The van der Waals surface area contributed by atoms with Gasteiger partial charge in [0.05, 0.1) is 23.5 Å². The summed E-state index contributed by atoms with van der Waals surface area (Å²) in [5.74, 6) is -1.75. The number of fused-ring (bicyclic) bond motifs is 1. The van der Waals surface area contributed by atoms with Crippen molar-refractivity contribution in [2.75, 3.05) is 0 Å². The number of carboxylic acid groups (broad SMARTS) is 1. The third kappa shape index (κ3) is 2.27. The fraction of sp³-hybridized carbons (Fsp3) is 0.214. The zero-order valence-electron chi connectivity index (χ0n) is 10.5. The number of hydrogen-bond donors (Lipinski definition) is 1. The van der Waals surface area contributed by atoms with E-state index in [1.807, 2.05) is 0 Å². The zero-order chi connectivity index (χ0) is 14.0. The average molecular weight is 258 g/mol. The maximum absolute atomic E-state index is 12.2. The fourth-order valence-electron chi connectivity index (χ4n) is 1.94. The van der Waals surface area contributed by atoms with Gasteiger partial charge in [-0.3, -0.25) is 9.59 Å². The van der Waals surface area contributed by atoms with Gasteiger partial charge in [-0.2, -0.15) is 5.10 Å². The number of hydrogen-bond acceptors (Lipinski definition) is 3. The second kappa shape index (κ2) is 5.06. The van der Waals surface area contributed by atoms with Gasteiger partial charge in [0.2, 0.25) is 0 Å². The Morgan fingerprint density at radius 3 is 2.68 bits per heavy atom. The normalized spacial score (nSPS) is 12.3. The van der Waals surface area contributed by atoms with E-state index in [2.05, 4.69) is 11.7 Å². The van der Waals surface area contributed by atoms with Crippen LogP contribution in [0.15, 0.2) is 41.7 Å². The van der Waals surface area contributed by atoms with Crippen LogP contribution in [0.1, 0.15) is 18.5 Å². The lowest BCUT2D eigenvalue weighted by molar-refractivity contribution is -0.138. The molecule has 0 aliphatic carbocycles. The predicted molar refractivity (Wildman–Crippen MR) is 72.3 cm³/mol. The smallest absolute Gasteiger partial charge is 0.312 e. The fourth-order valence-corrected chi connectivity index (χ4v) is 1.94. The SMILES string of the molecule is C=CCn1nc(C(C)C(=O)O)c2ccccc2c1=O. The van der Waals surface area contributed by atoms with Gasteiger partial charge in [-0.05, 0) is 13.0 Å². The van der Waals surface area contributed by atoms with Crippen molar-refractivity contribution in [3.05, 3.63) is 53.0 Å². The van der Waals surface area contributed by atoms with Crippen LogP contribution in [0.4, 0.5) is 0 Å². The van der Waals surface area contributed by atoms with Gasteiger partial charge in [-0.25, -0.2) is 4.68 Å². The van der Waals surface area contributed by atoms with E-state index in [1.54, 1.807) is 37.3 Å². The molecule has 0 spiro atoms. The Morgan fingerprint density at radius 1 is 1.47 bits per heavy atom. The summed E-state index contributed by atoms with van der Waals surface area (Å²) in [7, 11) is 0. The summed E-state index contributed by atoms with van der Waals surface area (Å²) >= 11 is 0. The number of benzene rings is 1. The zero-order valence-corrected chi connectivity index (χ0v) is 10.5. The Bertz CT molecular complexity index is 703. The lowest BCUT2D eigenvalue weighted by Gasteiger charge is -2.12. The monoisotopic (exact) mass is 258 g/mol. The van der Waals surface area contributed by atoms with E-state index in [1.165, 1.54) is 4.68 Å². The highest BCUT2D eigenvalue weighted by Crippen LogP contribution is 2.21. The summed E-state index contributed by atoms with van der Waals surface area (Å²) in [4.78, 5) is 23.3. The van der Waals surface area contributed by atoms with Crippen molar-refractivity contribution in [3.8, 4) is 0 Å². The van der Waals surface area contributed by atoms with Gasteiger partial charge in [0.1, 0.15) is 0 Å². The van der Waals surface area contributed by atoms with Crippen molar-refractivity contribution >= 4 is 16.7 Å². The van der Waals surface area contributed by atoms with Crippen LogP contribution < -0.4 is 5.56 Å². The minimum atomic E-state index is -0.971. The molecule has 0 saturated heterocycles. The molecular weight excluding hydrogens is 244 g/mol. The van der Waals surface area contributed by atoms with E-state index in [0.717, 1.165) is 0 Å². The van der Waals surface area contributed by atoms with Crippen LogP contribution in [0.5, 0.6) is 0 Å². The van der Waals surface area contributed by atoms with Crippen molar-refractivity contribution in [2.24, 2.45) is 0 Å². The molecule has 1 atom stereocenters. The highest BCUT2D eigenvalue weighted by Gasteiger charge is 2.20. The minimum absolute atomic E-state index is 0.239. The van der Waals surface area contributed by atoms with Crippen molar-refractivity contribution in [1.82, 2.24) is 9.78 Å². The summed E-state index contributed by atoms with van der Waals surface area (Å²) in [6, 6.07) is 6.91. The maximum atomic E-state index is 12.2. The Hall–Kier alpha value is -2.43. The van der Waals surface area contributed by atoms with Gasteiger partial charge in [0.25, 0.3) is 5.56 Å². The maximum Gasteiger partial charge on any atom is 0.312 e. The first-order chi connectivity index (χ1) is 9.06. The first-order valence-corrected chi connectivity index (χ1v) is 5.89. The van der Waals surface area contributed by atoms with Gasteiger partial charge in [0, 0.05) is 5.39 Å². The second-order valence-corrected chi connectivity index (χ2v) is 4.27. The third-order valence-corrected chi connectivity index (χ3v) is 2.98. The highest BCUT2D eigenvalue weighted by atomic mass is 16.4. The molecule has 0 aliphatic rings. The summed E-state index contributed by atoms with van der Waals surface area (Å²) in [6.07, 6.45) is 1.55. The number of rotatable bonds is 4. The number of aromatic nitrogens is 2. The molecule has 0 amide bonds. The second-order valence-electron chi connectivity index (χ2n) is 4.27. The first kappa shape index (κ1) is 13.0. The molecule has 5 nitrogen and oxygen atoms in total. The lowest BCUT2D eigenvalue weighted by Crippen LogP contribution is -2.26. The van der Waals surface area contributed by atoms with E-state index in [9.17, 15) is 9.59 Å². The van der Waals surface area contributed by atoms with Crippen LogP contribution in [0.25, 0.3) is 10.8 Å². The first-order valence-electron chi connectivity index (χ1n) is 5.89. The van der Waals surface area contributed by atoms with Crippen LogP contribution in [-0.4, -0.2) is 20.9 Å². The standard InChI is InChI=1S/C14H14N2O3/c1-3-8-16-13(17)11-7-5-4-6-10(11)12(15-16)9(2)14(18)19/h3-7,9H,1,8H2,2H3,(H,18,19). The topological polar surface area (TPSA) is 72.2 Å². The van der Waals surface area contributed by atoms with E-state index in [-0.39, 0.29) is 12.1 Å². The number of carboxylic acids is 1. The number of allylic oxidation sites excluding steroid dienone is 1. The Labute approximate surface area is 109 Å². The molecule has 0 saturated carbocycles. The van der Waals surface area contributed by atoms with E-state index >= 15 is 0 Å². The van der Waals surface area contributed by atoms with Crippen LogP contribution >= 0.6 is 0 Å². The van der Waals surface area contributed by atoms with Gasteiger partial charge in [-0.1, -0.05) is 24.3 Å². The van der Waals surface area contributed by atoms with Crippen LogP contribution in [0, 0.1) is 0 Å². The van der Waals surface area contributed by atoms with Gasteiger partial charge >= 0.3 is 5.97 Å². The number of carbonyl (C=O) groups is 1. The molecule has 0 bridgehead atoms. The van der Waals surface area contributed by atoms with Crippen LogP contribution in [0.3, 0.4) is 0 Å². The summed E-state index contributed by atoms with van der Waals surface area (Å²) in [5.41, 5.74) is 0.154. The van der Waals surface area contributed by atoms with Crippen molar-refractivity contribution in [1.29, 1.82) is 0 Å². The number of nitrogens with zero attached hydrogens (tertiary/aromatic N) is 2. The summed E-state index contributed by atoms with van der Waals surface area (Å²) in [6.45, 7) is 5.38. The van der Waals surface area contributed by atoms with E-state index < -0.39 is 11.9 Å². The van der Waals surface area contributed by atoms with Crippen molar-refractivity contribution in [2.45, 2.75) is 19.4 Å². The molecule has 0 radical (unpaired) electrons. The average Bonchev–Trinajstić information content (AvgIpc) is 2.41. The molecule has 1 heterocycles. The quantitative estimate of drug-likeness (QED) is 0.848. The molecule has 1 aromatic carbocycles. The molecule has 98 valence electrons. The highest BCUT2D eigenvalue weighted by molar-refractivity contribution is 5.88. The molecular formula is C14H14N2O3. The summed E-state index contributed by atoms with van der Waals surface area (Å²) in [5, 5.41) is 14.4. The summed E-state index contributed by atoms with van der Waals surface area (Å²) < 4.78 is 1.24. The minimum Gasteiger partial charge on any atom is -0.481 e. The van der Waals surface area contributed by atoms with Gasteiger partial charge in [0.15, 0.2) is 0 Å². The van der Waals surface area contributed by atoms with Crippen LogP contribution in [0.2, 0.25) is 0 Å². The molecule has 19 heavy (non-hydrogen) atoms. The molecule has 0 fully saturated rings. The lowest BCUT2D eigenvalue weighted by atomic mass is 10.0. The molecule has 2 rings (SSSR count). The molecule has 0 aliphatic heterocycles. The van der Waals surface area contributed by atoms with Crippen molar-refractivity contribution in [3.63, 3.8) is 0 Å². The largest absolute Gasteiger partial charge is 0.481 e. The van der Waals surface area contributed by atoms with Crippen molar-refractivity contribution < 1.29 is 9.90 Å². The Morgan fingerprint density at radius 2 is 2.11 bits per heavy atom. The number of aliphatic carboxylic acids is 1. The van der Waals surface area contributed by atoms with Crippen LogP contribution in [-0.2, 0) is 11.3 Å².